The maximum atomic E-state index is 11.0. The van der Waals surface area contributed by atoms with Gasteiger partial charge >= 0.3 is 5.97 Å². The summed E-state index contributed by atoms with van der Waals surface area (Å²) in [7, 11) is 4.82. The molecule has 7 heteroatoms. The van der Waals surface area contributed by atoms with E-state index in [1.165, 1.54) is 10.7 Å². The number of hydrogen-bond donors (Lipinski definition) is 1. The summed E-state index contributed by atoms with van der Waals surface area (Å²) in [4.78, 5) is 12.0. The molecule has 112 valence electrons. The molecule has 1 aromatic carbocycles. The van der Waals surface area contributed by atoms with E-state index >= 15 is 0 Å². The third-order valence-corrected chi connectivity index (χ3v) is 3.84. The number of aryl methyl sites for hydroxylation is 1. The predicted octanol–water partition coefficient (Wildman–Crippen LogP) is 2.52. The molecule has 0 amide bonds. The number of aromatic nitrogens is 2. The summed E-state index contributed by atoms with van der Waals surface area (Å²) in [5, 5.41) is 13.0. The van der Waals surface area contributed by atoms with Crippen LogP contribution in [0.25, 0.3) is 11.3 Å². The van der Waals surface area contributed by atoms with Crippen molar-refractivity contribution in [3.8, 4) is 22.8 Å². The molecular formula is C14H16N2O4S. The van der Waals surface area contributed by atoms with E-state index in [-0.39, 0.29) is 5.69 Å². The molecule has 0 radical (unpaired) electrons. The molecule has 0 saturated carbocycles. The van der Waals surface area contributed by atoms with Crippen LogP contribution < -0.4 is 9.47 Å². The van der Waals surface area contributed by atoms with Crippen molar-refractivity contribution in [2.75, 3.05) is 20.5 Å². The van der Waals surface area contributed by atoms with Gasteiger partial charge in [0, 0.05) is 12.6 Å². The summed E-state index contributed by atoms with van der Waals surface area (Å²) in [5.41, 5.74) is 1.37. The van der Waals surface area contributed by atoms with E-state index in [0.29, 0.717) is 17.2 Å². The van der Waals surface area contributed by atoms with Gasteiger partial charge in [-0.2, -0.15) is 5.10 Å². The molecule has 2 rings (SSSR count). The van der Waals surface area contributed by atoms with Crippen LogP contribution in [0.15, 0.2) is 23.1 Å². The molecule has 21 heavy (non-hydrogen) atoms. The monoisotopic (exact) mass is 308 g/mol. The highest BCUT2D eigenvalue weighted by atomic mass is 32.2. The van der Waals surface area contributed by atoms with Crippen molar-refractivity contribution in [3.63, 3.8) is 0 Å². The van der Waals surface area contributed by atoms with Gasteiger partial charge in [0.2, 0.25) is 0 Å². The van der Waals surface area contributed by atoms with Gasteiger partial charge in [0.1, 0.15) is 0 Å². The van der Waals surface area contributed by atoms with Gasteiger partial charge in [-0.15, -0.1) is 11.8 Å². The summed E-state index contributed by atoms with van der Waals surface area (Å²) in [6.07, 6.45) is 1.95. The molecule has 0 saturated heterocycles. The van der Waals surface area contributed by atoms with Gasteiger partial charge in [-0.05, 0) is 24.5 Å². The second-order valence-electron chi connectivity index (χ2n) is 4.23. The molecule has 1 N–H and O–H groups in total. The van der Waals surface area contributed by atoms with Gasteiger partial charge in [0.25, 0.3) is 0 Å². The normalized spacial score (nSPS) is 10.5. The van der Waals surface area contributed by atoms with Crippen molar-refractivity contribution in [1.82, 2.24) is 9.78 Å². The lowest BCUT2D eigenvalue weighted by molar-refractivity contribution is 0.0689. The van der Waals surface area contributed by atoms with Gasteiger partial charge < -0.3 is 14.6 Å². The summed E-state index contributed by atoms with van der Waals surface area (Å²) in [6.45, 7) is 0. The Labute approximate surface area is 126 Å². The Balaban J connectivity index is 2.66. The second kappa shape index (κ2) is 6.09. The Hall–Kier alpha value is -2.15. The predicted molar refractivity (Wildman–Crippen MR) is 80.5 cm³/mol. The Morgan fingerprint density at radius 1 is 1.29 bits per heavy atom. The molecule has 1 aromatic heterocycles. The Morgan fingerprint density at radius 2 is 1.95 bits per heavy atom. The fraction of sp³-hybridized carbons (Fsp3) is 0.286. The van der Waals surface area contributed by atoms with Crippen LogP contribution in [0, 0.1) is 0 Å². The Kier molecular flexibility index (Phi) is 4.42. The first kappa shape index (κ1) is 15.2. The third kappa shape index (κ3) is 2.69. The zero-order valence-corrected chi connectivity index (χ0v) is 13.0. The first-order chi connectivity index (χ1) is 10.0. The zero-order valence-electron chi connectivity index (χ0n) is 12.2. The first-order valence-electron chi connectivity index (χ1n) is 6.10. The van der Waals surface area contributed by atoms with Crippen LogP contribution in [0.5, 0.6) is 11.5 Å². The van der Waals surface area contributed by atoms with Crippen molar-refractivity contribution < 1.29 is 19.4 Å². The van der Waals surface area contributed by atoms with Crippen LogP contribution in [0.4, 0.5) is 0 Å². The summed E-state index contributed by atoms with van der Waals surface area (Å²) < 4.78 is 12.4. The number of aromatic carboxylic acids is 1. The molecule has 0 aliphatic carbocycles. The topological polar surface area (TPSA) is 73.6 Å². The van der Waals surface area contributed by atoms with Gasteiger partial charge in [-0.1, -0.05) is 0 Å². The van der Waals surface area contributed by atoms with E-state index in [4.69, 9.17) is 14.6 Å². The molecule has 0 atom stereocenters. The summed E-state index contributed by atoms with van der Waals surface area (Å²) >= 11 is 1.55. The van der Waals surface area contributed by atoms with Crippen LogP contribution in [0.1, 0.15) is 10.5 Å². The highest BCUT2D eigenvalue weighted by molar-refractivity contribution is 7.98. The lowest BCUT2D eigenvalue weighted by Gasteiger charge is -2.15. The van der Waals surface area contributed by atoms with E-state index in [0.717, 1.165) is 10.5 Å². The van der Waals surface area contributed by atoms with E-state index in [9.17, 15) is 4.79 Å². The fourth-order valence-corrected chi connectivity index (χ4v) is 2.69. The molecule has 0 spiro atoms. The van der Waals surface area contributed by atoms with Crippen LogP contribution in [-0.4, -0.2) is 41.3 Å². The smallest absolute Gasteiger partial charge is 0.356 e. The fourth-order valence-electron chi connectivity index (χ4n) is 2.13. The number of nitrogens with zero attached hydrogens (tertiary/aromatic N) is 2. The van der Waals surface area contributed by atoms with Crippen molar-refractivity contribution in [2.45, 2.75) is 4.90 Å². The maximum Gasteiger partial charge on any atom is 0.356 e. The minimum Gasteiger partial charge on any atom is -0.492 e. The van der Waals surface area contributed by atoms with Crippen molar-refractivity contribution in [2.24, 2.45) is 7.05 Å². The largest absolute Gasteiger partial charge is 0.492 e. The molecule has 0 fully saturated rings. The summed E-state index contributed by atoms with van der Waals surface area (Å²) in [5.74, 6) is 0.119. The summed E-state index contributed by atoms with van der Waals surface area (Å²) in [6, 6.07) is 5.29. The van der Waals surface area contributed by atoms with Crippen molar-refractivity contribution >= 4 is 17.7 Å². The first-order valence-corrected chi connectivity index (χ1v) is 7.32. The van der Waals surface area contributed by atoms with Crippen LogP contribution in [-0.2, 0) is 7.05 Å². The van der Waals surface area contributed by atoms with E-state index in [1.807, 2.05) is 18.4 Å². The van der Waals surface area contributed by atoms with Crippen molar-refractivity contribution in [3.05, 3.63) is 23.9 Å². The molecule has 2 aromatic rings. The molecule has 6 nitrogen and oxygen atoms in total. The van der Waals surface area contributed by atoms with Crippen LogP contribution in [0.3, 0.4) is 0 Å². The number of carbonyl (C=O) groups is 1. The number of carboxylic acid groups (broad SMARTS) is 1. The molecule has 0 unspecified atom stereocenters. The molecule has 0 aliphatic rings. The van der Waals surface area contributed by atoms with Crippen LogP contribution in [0.2, 0.25) is 0 Å². The van der Waals surface area contributed by atoms with Gasteiger partial charge in [-0.25, -0.2) is 4.79 Å². The number of carboxylic acids is 1. The van der Waals surface area contributed by atoms with E-state index in [1.54, 1.807) is 33.0 Å². The number of methoxy groups -OCH3 is 2. The minimum atomic E-state index is -1.07. The number of benzene rings is 1. The standard InChI is InChI=1S/C14H16N2O4S/c1-16-10(7-9(15-16)14(17)18)8-5-6-11(21-4)13(20-3)12(8)19-2/h5-7H,1-4H3,(H,17,18). The number of ether oxygens (including phenoxy) is 2. The van der Waals surface area contributed by atoms with Crippen LogP contribution >= 0.6 is 11.8 Å². The van der Waals surface area contributed by atoms with Gasteiger partial charge in [0.15, 0.2) is 17.2 Å². The van der Waals surface area contributed by atoms with E-state index < -0.39 is 5.97 Å². The van der Waals surface area contributed by atoms with Gasteiger partial charge in [0.05, 0.1) is 24.8 Å². The lowest BCUT2D eigenvalue weighted by atomic mass is 10.1. The molecule has 1 heterocycles. The average Bonchev–Trinajstić information content (AvgIpc) is 2.87. The quantitative estimate of drug-likeness (QED) is 0.856. The average molecular weight is 308 g/mol. The van der Waals surface area contributed by atoms with E-state index in [2.05, 4.69) is 5.10 Å². The van der Waals surface area contributed by atoms with Gasteiger partial charge in [-0.3, -0.25) is 4.68 Å². The number of rotatable bonds is 5. The lowest BCUT2D eigenvalue weighted by Crippen LogP contribution is -2.00. The number of hydrogen-bond acceptors (Lipinski definition) is 5. The number of thioether (sulfide) groups is 1. The molecular weight excluding hydrogens is 292 g/mol. The minimum absolute atomic E-state index is 0.0116. The molecule has 0 bridgehead atoms. The highest BCUT2D eigenvalue weighted by Crippen LogP contribution is 2.43. The Morgan fingerprint density at radius 3 is 2.43 bits per heavy atom. The molecule has 0 aliphatic heterocycles. The third-order valence-electron chi connectivity index (χ3n) is 3.08. The van der Waals surface area contributed by atoms with Crippen molar-refractivity contribution in [1.29, 1.82) is 0 Å². The zero-order chi connectivity index (χ0) is 15.6. The highest BCUT2D eigenvalue weighted by Gasteiger charge is 2.20. The Bertz CT molecular complexity index is 682. The second-order valence-corrected chi connectivity index (χ2v) is 5.07. The SMILES string of the molecule is COc1c(SC)ccc(-c2cc(C(=O)O)nn2C)c1OC. The maximum absolute atomic E-state index is 11.0.